The first-order valence-electron chi connectivity index (χ1n) is 12.1. The van der Waals surface area contributed by atoms with Crippen LogP contribution in [0, 0.1) is 22.7 Å². The first-order chi connectivity index (χ1) is 15.7. The molecule has 3 N–H and O–H groups in total. The molecule has 0 aromatic rings. The van der Waals surface area contributed by atoms with Crippen LogP contribution in [0.3, 0.4) is 0 Å². The molecule has 0 aromatic carbocycles. The highest BCUT2D eigenvalue weighted by atomic mass is 32.2. The Kier molecular flexibility index (Phi) is 7.19. The molecule has 3 rings (SSSR count). The fraction of sp³-hybridized carbons (Fsp3) is 0.957. The van der Waals surface area contributed by atoms with Gasteiger partial charge >= 0.3 is 27.3 Å². The topological polar surface area (TPSA) is 121 Å². The summed E-state index contributed by atoms with van der Waals surface area (Å²) in [5.74, 6) is -5.97. The average Bonchev–Trinajstić information content (AvgIpc) is 3.13. The van der Waals surface area contributed by atoms with E-state index in [1.807, 2.05) is 0 Å². The highest BCUT2D eigenvalue weighted by molar-refractivity contribution is 7.87. The van der Waals surface area contributed by atoms with Gasteiger partial charge in [-0.25, -0.2) is 0 Å². The van der Waals surface area contributed by atoms with Crippen LogP contribution < -0.4 is 0 Å². The number of hydrogen-bond acceptors (Lipinski definition) is 6. The molecule has 4 unspecified atom stereocenters. The molecule has 12 heteroatoms. The minimum absolute atomic E-state index is 0.0404. The smallest absolute Gasteiger partial charge is 0.431 e. The normalized spacial score (nSPS) is 34.0. The molecule has 0 saturated heterocycles. The van der Waals surface area contributed by atoms with Gasteiger partial charge in [-0.2, -0.15) is 26.0 Å². The second-order valence-corrected chi connectivity index (χ2v) is 13.2. The van der Waals surface area contributed by atoms with Gasteiger partial charge in [0.2, 0.25) is 0 Å². The van der Waals surface area contributed by atoms with Crippen LogP contribution in [0.2, 0.25) is 0 Å². The van der Waals surface area contributed by atoms with Gasteiger partial charge < -0.3 is 14.9 Å². The van der Waals surface area contributed by atoms with Gasteiger partial charge in [0.25, 0.3) is 0 Å². The standard InChI is InChI=1S/C23H36F4O7S/c1-15-10-16-12-19(11-15,18(2,3)29)14-20(13-16,21(30)6-4-5-7-21)17(28)34-9-8-22(24,25)23(26,27)35(31,32)33/h15-16,29-30H,4-14H2,1-3H3,(H,31,32,33). The van der Waals surface area contributed by atoms with E-state index in [4.69, 9.17) is 9.29 Å². The van der Waals surface area contributed by atoms with E-state index in [-0.39, 0.29) is 37.5 Å². The van der Waals surface area contributed by atoms with Crippen LogP contribution in [0.5, 0.6) is 0 Å². The number of ether oxygens (including phenoxy) is 1. The minimum Gasteiger partial charge on any atom is -0.465 e. The zero-order valence-corrected chi connectivity index (χ0v) is 21.1. The molecule has 0 heterocycles. The Hall–Kier alpha value is -0.980. The minimum atomic E-state index is -6.40. The van der Waals surface area contributed by atoms with Gasteiger partial charge in [-0.05, 0) is 70.6 Å². The van der Waals surface area contributed by atoms with Gasteiger partial charge in [0.15, 0.2) is 0 Å². The maximum Gasteiger partial charge on any atom is 0.431 e. The number of alkyl halides is 4. The molecule has 3 fully saturated rings. The maximum atomic E-state index is 13.9. The molecule has 3 aliphatic carbocycles. The Morgan fingerprint density at radius 2 is 1.66 bits per heavy atom. The highest BCUT2D eigenvalue weighted by Crippen LogP contribution is 2.66. The molecular formula is C23H36F4O7S. The zero-order chi connectivity index (χ0) is 26.7. The molecule has 7 nitrogen and oxygen atoms in total. The number of carbonyl (C=O) groups excluding carboxylic acids is 1. The van der Waals surface area contributed by atoms with Crippen molar-refractivity contribution in [1.82, 2.24) is 0 Å². The van der Waals surface area contributed by atoms with Crippen molar-refractivity contribution in [3.05, 3.63) is 0 Å². The van der Waals surface area contributed by atoms with Crippen LogP contribution in [0.15, 0.2) is 0 Å². The third kappa shape index (κ3) is 4.72. The summed E-state index contributed by atoms with van der Waals surface area (Å²) in [6.07, 6.45) is 2.27. The fourth-order valence-electron chi connectivity index (χ4n) is 7.08. The Labute approximate surface area is 203 Å². The van der Waals surface area contributed by atoms with Crippen LogP contribution in [0.25, 0.3) is 0 Å². The van der Waals surface area contributed by atoms with Crippen LogP contribution in [0.4, 0.5) is 17.6 Å². The van der Waals surface area contributed by atoms with Crippen molar-refractivity contribution in [2.24, 2.45) is 22.7 Å². The van der Waals surface area contributed by atoms with Crippen molar-refractivity contribution < 1.29 is 50.3 Å². The molecule has 4 atom stereocenters. The van der Waals surface area contributed by atoms with E-state index >= 15 is 0 Å². The van der Waals surface area contributed by atoms with Gasteiger partial charge in [-0.3, -0.25) is 9.35 Å². The summed E-state index contributed by atoms with van der Waals surface area (Å²) in [6.45, 7) is 4.13. The van der Waals surface area contributed by atoms with Crippen molar-refractivity contribution in [3.8, 4) is 0 Å². The molecule has 0 aliphatic heterocycles. The first kappa shape index (κ1) is 28.6. The fourth-order valence-corrected chi connectivity index (χ4v) is 7.56. The highest BCUT2D eigenvalue weighted by Gasteiger charge is 2.68. The van der Waals surface area contributed by atoms with Crippen LogP contribution >= 0.6 is 0 Å². The largest absolute Gasteiger partial charge is 0.465 e. The third-order valence-electron chi connectivity index (χ3n) is 8.84. The third-order valence-corrected chi connectivity index (χ3v) is 9.79. The summed E-state index contributed by atoms with van der Waals surface area (Å²) in [6, 6.07) is 0. The molecule has 35 heavy (non-hydrogen) atoms. The van der Waals surface area contributed by atoms with Crippen LogP contribution in [-0.2, 0) is 19.6 Å². The lowest BCUT2D eigenvalue weighted by molar-refractivity contribution is -0.221. The maximum absolute atomic E-state index is 13.9. The van der Waals surface area contributed by atoms with Gasteiger partial charge in [-0.1, -0.05) is 19.8 Å². The molecule has 0 amide bonds. The van der Waals surface area contributed by atoms with Crippen molar-refractivity contribution in [2.45, 2.75) is 107 Å². The van der Waals surface area contributed by atoms with Crippen LogP contribution in [-0.4, -0.2) is 58.1 Å². The molecular weight excluding hydrogens is 496 g/mol. The summed E-state index contributed by atoms with van der Waals surface area (Å²) in [5.41, 5.74) is -4.98. The average molecular weight is 533 g/mol. The molecule has 2 bridgehead atoms. The second-order valence-electron chi connectivity index (χ2n) is 11.7. The summed E-state index contributed by atoms with van der Waals surface area (Å²) in [5, 5.41) is 17.1. The molecule has 3 saturated carbocycles. The number of hydrogen-bond donors (Lipinski definition) is 3. The number of carbonyl (C=O) groups is 1. The lowest BCUT2D eigenvalue weighted by Gasteiger charge is -2.61. The Morgan fingerprint density at radius 1 is 1.09 bits per heavy atom. The van der Waals surface area contributed by atoms with E-state index in [1.165, 1.54) is 0 Å². The second kappa shape index (κ2) is 8.80. The van der Waals surface area contributed by atoms with E-state index in [0.29, 0.717) is 25.7 Å². The van der Waals surface area contributed by atoms with Gasteiger partial charge in [0.1, 0.15) is 0 Å². The van der Waals surface area contributed by atoms with Crippen molar-refractivity contribution in [1.29, 1.82) is 0 Å². The summed E-state index contributed by atoms with van der Waals surface area (Å²) < 4.78 is 90.1. The lowest BCUT2D eigenvalue weighted by Crippen LogP contribution is -2.63. The lowest BCUT2D eigenvalue weighted by atomic mass is 9.44. The SMILES string of the molecule is CC1CC2CC(C(C)(C)O)(C1)CC(C(=O)OCCC(F)(F)C(F)(F)S(=O)(=O)O)(C1(O)CCCC1)C2. The number of rotatable bonds is 8. The summed E-state index contributed by atoms with van der Waals surface area (Å²) in [4.78, 5) is 13.6. The monoisotopic (exact) mass is 532 g/mol. The van der Waals surface area contributed by atoms with E-state index < -0.39 is 62.3 Å². The number of fused-ring (bicyclic) bond motifs is 2. The van der Waals surface area contributed by atoms with E-state index in [1.54, 1.807) is 13.8 Å². The van der Waals surface area contributed by atoms with Crippen molar-refractivity contribution in [3.63, 3.8) is 0 Å². The van der Waals surface area contributed by atoms with E-state index in [0.717, 1.165) is 6.42 Å². The molecule has 204 valence electrons. The van der Waals surface area contributed by atoms with Crippen molar-refractivity contribution >= 4 is 16.1 Å². The number of esters is 1. The Morgan fingerprint density at radius 3 is 2.17 bits per heavy atom. The predicted octanol–water partition coefficient (Wildman–Crippen LogP) is 4.31. The van der Waals surface area contributed by atoms with E-state index in [9.17, 15) is 41.0 Å². The van der Waals surface area contributed by atoms with E-state index in [2.05, 4.69) is 6.92 Å². The van der Waals surface area contributed by atoms with Gasteiger partial charge in [0.05, 0.1) is 29.6 Å². The van der Waals surface area contributed by atoms with Gasteiger partial charge in [-0.15, -0.1) is 0 Å². The molecule has 0 aromatic heterocycles. The van der Waals surface area contributed by atoms with Crippen molar-refractivity contribution in [2.75, 3.05) is 6.61 Å². The Bertz CT molecular complexity index is 923. The molecule has 0 spiro atoms. The zero-order valence-electron chi connectivity index (χ0n) is 20.3. The molecule has 3 aliphatic rings. The van der Waals surface area contributed by atoms with Gasteiger partial charge in [0, 0.05) is 5.41 Å². The summed E-state index contributed by atoms with van der Waals surface area (Å²) in [7, 11) is -6.40. The molecule has 0 radical (unpaired) electrons. The summed E-state index contributed by atoms with van der Waals surface area (Å²) >= 11 is 0. The number of halogens is 4. The van der Waals surface area contributed by atoms with Crippen LogP contribution in [0.1, 0.15) is 85.0 Å². The predicted molar refractivity (Wildman–Crippen MR) is 117 cm³/mol. The quantitative estimate of drug-likeness (QED) is 0.242. The number of aliphatic hydroxyl groups is 2. The Balaban J connectivity index is 1.91. The first-order valence-corrected chi connectivity index (χ1v) is 13.5.